The minimum Gasteiger partial charge on any atom is -0.388 e. The van der Waals surface area contributed by atoms with Gasteiger partial charge in [-0.25, -0.2) is 0 Å². The van der Waals surface area contributed by atoms with Crippen LogP contribution >= 0.6 is 0 Å². The lowest BCUT2D eigenvalue weighted by Gasteiger charge is -2.13. The molecule has 2 heteroatoms. The normalized spacial score (nSPS) is 25.1. The zero-order chi connectivity index (χ0) is 10.1. The maximum absolute atomic E-state index is 10.0. The highest BCUT2D eigenvalue weighted by Crippen LogP contribution is 2.37. The Morgan fingerprint density at radius 2 is 2.29 bits per heavy atom. The quantitative estimate of drug-likeness (QED) is 0.745. The molecule has 1 aliphatic carbocycles. The second-order valence-corrected chi connectivity index (χ2v) is 4.19. The Morgan fingerprint density at radius 1 is 1.50 bits per heavy atom. The molecule has 3 N–H and O–H groups in total. The Kier molecular flexibility index (Phi) is 2.57. The van der Waals surface area contributed by atoms with E-state index in [1.54, 1.807) is 0 Å². The van der Waals surface area contributed by atoms with Gasteiger partial charge >= 0.3 is 0 Å². The maximum atomic E-state index is 10.0. The largest absolute Gasteiger partial charge is 0.388 e. The van der Waals surface area contributed by atoms with Crippen molar-refractivity contribution in [3.8, 4) is 0 Å². The molecule has 2 rings (SSSR count). The van der Waals surface area contributed by atoms with Gasteiger partial charge < -0.3 is 10.8 Å². The van der Waals surface area contributed by atoms with E-state index < -0.39 is 0 Å². The van der Waals surface area contributed by atoms with Crippen LogP contribution in [0.5, 0.6) is 0 Å². The van der Waals surface area contributed by atoms with Gasteiger partial charge in [0.2, 0.25) is 0 Å². The van der Waals surface area contributed by atoms with Crippen molar-refractivity contribution in [3.05, 3.63) is 34.9 Å². The Bertz CT molecular complexity index is 335. The van der Waals surface area contributed by atoms with E-state index in [0.717, 1.165) is 18.4 Å². The average molecular weight is 191 g/mol. The summed E-state index contributed by atoms with van der Waals surface area (Å²) in [5.74, 6) is 0.330. The van der Waals surface area contributed by atoms with E-state index in [4.69, 9.17) is 5.73 Å². The summed E-state index contributed by atoms with van der Waals surface area (Å²) < 4.78 is 0. The van der Waals surface area contributed by atoms with E-state index in [-0.39, 0.29) is 6.10 Å². The zero-order valence-corrected chi connectivity index (χ0v) is 8.53. The number of nitrogens with two attached hydrogens (primary N) is 1. The van der Waals surface area contributed by atoms with Gasteiger partial charge in [0.25, 0.3) is 0 Å². The molecule has 14 heavy (non-hydrogen) atoms. The summed E-state index contributed by atoms with van der Waals surface area (Å²) in [6, 6.07) is 6.33. The maximum Gasteiger partial charge on any atom is 0.0824 e. The van der Waals surface area contributed by atoms with Crippen molar-refractivity contribution in [2.45, 2.75) is 25.9 Å². The molecule has 0 bridgehead atoms. The molecule has 2 atom stereocenters. The third-order valence-corrected chi connectivity index (χ3v) is 3.09. The Hall–Kier alpha value is -0.860. The molecule has 0 aromatic heterocycles. The van der Waals surface area contributed by atoms with E-state index in [9.17, 15) is 5.11 Å². The molecule has 0 fully saturated rings. The van der Waals surface area contributed by atoms with Crippen molar-refractivity contribution in [2.24, 2.45) is 11.7 Å². The van der Waals surface area contributed by atoms with E-state index >= 15 is 0 Å². The molecule has 0 saturated heterocycles. The minimum absolute atomic E-state index is 0.298. The van der Waals surface area contributed by atoms with Gasteiger partial charge in [-0.3, -0.25) is 0 Å². The average Bonchev–Trinajstić information content (AvgIpc) is 2.46. The van der Waals surface area contributed by atoms with E-state index in [2.05, 4.69) is 25.1 Å². The highest BCUT2D eigenvalue weighted by Gasteiger charge is 2.29. The van der Waals surface area contributed by atoms with Crippen LogP contribution in [0.4, 0.5) is 0 Å². The van der Waals surface area contributed by atoms with Crippen LogP contribution in [-0.4, -0.2) is 11.7 Å². The number of aryl methyl sites for hydroxylation is 1. The van der Waals surface area contributed by atoms with Gasteiger partial charge in [-0.2, -0.15) is 0 Å². The zero-order valence-electron chi connectivity index (χ0n) is 8.53. The van der Waals surface area contributed by atoms with Crippen molar-refractivity contribution < 1.29 is 5.11 Å². The molecule has 0 aliphatic heterocycles. The van der Waals surface area contributed by atoms with Crippen LogP contribution in [0.25, 0.3) is 0 Å². The van der Waals surface area contributed by atoms with Gasteiger partial charge in [-0.05, 0) is 43.4 Å². The summed E-state index contributed by atoms with van der Waals surface area (Å²) in [6.07, 6.45) is 1.59. The topological polar surface area (TPSA) is 46.2 Å². The third-order valence-electron chi connectivity index (χ3n) is 3.09. The standard InChI is InChI=1S/C12H17NO/c1-8-2-3-9-7-10(4-5-13)12(14)11(9)6-8/h2-3,6,10,12,14H,4-5,7,13H2,1H3. The van der Waals surface area contributed by atoms with Gasteiger partial charge in [-0.15, -0.1) is 0 Å². The molecule has 76 valence electrons. The summed E-state index contributed by atoms with van der Waals surface area (Å²) in [6.45, 7) is 2.72. The number of fused-ring (bicyclic) bond motifs is 1. The summed E-state index contributed by atoms with van der Waals surface area (Å²) >= 11 is 0. The van der Waals surface area contributed by atoms with Gasteiger partial charge in [0, 0.05) is 0 Å². The molecule has 1 aromatic rings. The van der Waals surface area contributed by atoms with Crippen LogP contribution in [0.3, 0.4) is 0 Å². The minimum atomic E-state index is -0.298. The first kappa shape index (κ1) is 9.69. The number of hydrogen-bond acceptors (Lipinski definition) is 2. The fourth-order valence-corrected chi connectivity index (χ4v) is 2.30. The molecule has 1 aromatic carbocycles. The molecule has 1 aliphatic rings. The van der Waals surface area contributed by atoms with Crippen molar-refractivity contribution in [1.82, 2.24) is 0 Å². The highest BCUT2D eigenvalue weighted by molar-refractivity contribution is 5.37. The molecule has 0 amide bonds. The van der Waals surface area contributed by atoms with Gasteiger partial charge in [0.1, 0.15) is 0 Å². The van der Waals surface area contributed by atoms with Gasteiger partial charge in [0.05, 0.1) is 6.10 Å². The van der Waals surface area contributed by atoms with Crippen molar-refractivity contribution in [1.29, 1.82) is 0 Å². The molecule has 0 saturated carbocycles. The van der Waals surface area contributed by atoms with Crippen molar-refractivity contribution in [2.75, 3.05) is 6.54 Å². The number of aliphatic hydroxyl groups excluding tert-OH is 1. The van der Waals surface area contributed by atoms with Crippen LogP contribution in [-0.2, 0) is 6.42 Å². The molecule has 2 unspecified atom stereocenters. The first-order valence-corrected chi connectivity index (χ1v) is 5.20. The van der Waals surface area contributed by atoms with Crippen LogP contribution in [0, 0.1) is 12.8 Å². The smallest absolute Gasteiger partial charge is 0.0824 e. The van der Waals surface area contributed by atoms with E-state index in [1.165, 1.54) is 11.1 Å². The summed E-state index contributed by atoms with van der Waals surface area (Å²) in [5.41, 5.74) is 9.15. The lowest BCUT2D eigenvalue weighted by atomic mass is 10.00. The van der Waals surface area contributed by atoms with Gasteiger partial charge in [0.15, 0.2) is 0 Å². The monoisotopic (exact) mass is 191 g/mol. The van der Waals surface area contributed by atoms with Crippen molar-refractivity contribution in [3.63, 3.8) is 0 Å². The number of rotatable bonds is 2. The first-order chi connectivity index (χ1) is 6.72. The van der Waals surface area contributed by atoms with Crippen LogP contribution < -0.4 is 5.73 Å². The first-order valence-electron chi connectivity index (χ1n) is 5.20. The van der Waals surface area contributed by atoms with Crippen LogP contribution in [0.2, 0.25) is 0 Å². The summed E-state index contributed by atoms with van der Waals surface area (Å²) in [4.78, 5) is 0. The van der Waals surface area contributed by atoms with E-state index in [1.807, 2.05) is 0 Å². The Balaban J connectivity index is 2.27. The lowest BCUT2D eigenvalue weighted by Crippen LogP contribution is -2.12. The third kappa shape index (κ3) is 1.56. The van der Waals surface area contributed by atoms with Gasteiger partial charge in [-0.1, -0.05) is 23.8 Å². The molecule has 0 spiro atoms. The molecule has 0 heterocycles. The highest BCUT2D eigenvalue weighted by atomic mass is 16.3. The van der Waals surface area contributed by atoms with E-state index in [0.29, 0.717) is 12.5 Å². The predicted octanol–water partition coefficient (Wildman–Crippen LogP) is 1.55. The number of hydrogen-bond donors (Lipinski definition) is 2. The fourth-order valence-electron chi connectivity index (χ4n) is 2.30. The van der Waals surface area contributed by atoms with Crippen LogP contribution in [0.1, 0.15) is 29.2 Å². The summed E-state index contributed by atoms with van der Waals surface area (Å²) in [5, 5.41) is 10.0. The molecular weight excluding hydrogens is 174 g/mol. The number of aliphatic hydroxyl groups is 1. The predicted molar refractivity (Wildman–Crippen MR) is 57.0 cm³/mol. The molecule has 2 nitrogen and oxygen atoms in total. The molecule has 0 radical (unpaired) electrons. The lowest BCUT2D eigenvalue weighted by molar-refractivity contribution is 0.119. The Labute approximate surface area is 84.7 Å². The van der Waals surface area contributed by atoms with Crippen LogP contribution in [0.15, 0.2) is 18.2 Å². The molecular formula is C12H17NO. The Morgan fingerprint density at radius 3 is 3.00 bits per heavy atom. The van der Waals surface area contributed by atoms with Crippen molar-refractivity contribution >= 4 is 0 Å². The SMILES string of the molecule is Cc1ccc2c(c1)C(O)C(CCN)C2. The number of benzene rings is 1. The second-order valence-electron chi connectivity index (χ2n) is 4.19. The second kappa shape index (κ2) is 3.71. The summed E-state index contributed by atoms with van der Waals surface area (Å²) in [7, 11) is 0. The fraction of sp³-hybridized carbons (Fsp3) is 0.500.